The van der Waals surface area contributed by atoms with Crippen molar-refractivity contribution < 1.29 is 9.59 Å². The normalized spacial score (nSPS) is 10.6. The summed E-state index contributed by atoms with van der Waals surface area (Å²) < 4.78 is 0. The maximum Gasteiger partial charge on any atom is 0.234 e. The van der Waals surface area contributed by atoms with Gasteiger partial charge in [0.1, 0.15) is 0 Å². The molecule has 25 heavy (non-hydrogen) atoms. The van der Waals surface area contributed by atoms with Gasteiger partial charge in [-0.25, -0.2) is 0 Å². The van der Waals surface area contributed by atoms with E-state index >= 15 is 0 Å². The van der Waals surface area contributed by atoms with Crippen LogP contribution in [0.5, 0.6) is 0 Å². The van der Waals surface area contributed by atoms with E-state index in [-0.39, 0.29) is 23.2 Å². The van der Waals surface area contributed by atoms with Crippen LogP contribution in [0, 0.1) is 0 Å². The molecule has 0 atom stereocenters. The number of carbonyl (C=O) groups excluding carboxylic acids is 2. The molecule has 0 bridgehead atoms. The van der Waals surface area contributed by atoms with Crippen LogP contribution in [0.4, 0.5) is 5.69 Å². The van der Waals surface area contributed by atoms with Gasteiger partial charge in [0.2, 0.25) is 5.91 Å². The first-order valence-corrected chi connectivity index (χ1v) is 9.30. The molecule has 0 aromatic heterocycles. The summed E-state index contributed by atoms with van der Waals surface area (Å²) in [6.07, 6.45) is 0. The summed E-state index contributed by atoms with van der Waals surface area (Å²) in [6, 6.07) is 20.5. The van der Waals surface area contributed by atoms with Crippen LogP contribution in [0.15, 0.2) is 66.7 Å². The molecule has 1 N–H and O–H groups in total. The molecule has 0 saturated carbocycles. The van der Waals surface area contributed by atoms with Crippen LogP contribution in [-0.2, 0) is 4.79 Å². The molecular weight excluding hydrogens is 354 g/mol. The fraction of sp³-hybridized carbons (Fsp3) is 0.100. The summed E-state index contributed by atoms with van der Waals surface area (Å²) >= 11 is 7.11. The lowest BCUT2D eigenvalue weighted by Gasteiger charge is -2.06. The Balaban J connectivity index is 1.51. The summed E-state index contributed by atoms with van der Waals surface area (Å²) in [5.74, 6) is 0.377. The van der Waals surface area contributed by atoms with Gasteiger partial charge in [-0.1, -0.05) is 48.0 Å². The number of hydrogen-bond donors (Lipinski definition) is 1. The molecule has 0 aliphatic carbocycles. The van der Waals surface area contributed by atoms with Gasteiger partial charge in [-0.15, -0.1) is 11.8 Å². The number of halogens is 1. The molecule has 0 spiro atoms. The zero-order valence-corrected chi connectivity index (χ0v) is 14.9. The second kappa shape index (κ2) is 8.19. The quantitative estimate of drug-likeness (QED) is 0.618. The summed E-state index contributed by atoms with van der Waals surface area (Å²) in [7, 11) is 0. The minimum atomic E-state index is -0.140. The van der Waals surface area contributed by atoms with Crippen molar-refractivity contribution in [1.29, 1.82) is 0 Å². The zero-order chi connectivity index (χ0) is 17.6. The number of ketones is 1. The molecule has 126 valence electrons. The number of rotatable bonds is 6. The summed E-state index contributed by atoms with van der Waals surface area (Å²) in [4.78, 5) is 24.2. The van der Waals surface area contributed by atoms with E-state index in [9.17, 15) is 9.59 Å². The smallest absolute Gasteiger partial charge is 0.234 e. The Bertz CT molecular complexity index is 909. The molecule has 1 amide bonds. The average Bonchev–Trinajstić information content (AvgIpc) is 2.63. The van der Waals surface area contributed by atoms with Gasteiger partial charge in [0.15, 0.2) is 5.78 Å². The van der Waals surface area contributed by atoms with E-state index in [0.717, 1.165) is 10.8 Å². The maximum atomic E-state index is 12.3. The van der Waals surface area contributed by atoms with Crippen LogP contribution in [0.3, 0.4) is 0 Å². The second-order valence-corrected chi connectivity index (χ2v) is 6.96. The number of carbonyl (C=O) groups is 2. The Morgan fingerprint density at radius 2 is 1.60 bits per heavy atom. The van der Waals surface area contributed by atoms with Gasteiger partial charge in [0.25, 0.3) is 0 Å². The van der Waals surface area contributed by atoms with Crippen molar-refractivity contribution in [2.45, 2.75) is 0 Å². The Hall–Kier alpha value is -2.30. The minimum absolute atomic E-state index is 0.0232. The number of thioether (sulfide) groups is 1. The van der Waals surface area contributed by atoms with Crippen LogP contribution < -0.4 is 5.32 Å². The lowest BCUT2D eigenvalue weighted by Crippen LogP contribution is -2.15. The second-order valence-electron chi connectivity index (χ2n) is 5.53. The molecule has 3 aromatic carbocycles. The first-order chi connectivity index (χ1) is 12.1. The van der Waals surface area contributed by atoms with Crippen molar-refractivity contribution in [2.24, 2.45) is 0 Å². The molecule has 3 rings (SSSR count). The first-order valence-electron chi connectivity index (χ1n) is 7.77. The Morgan fingerprint density at radius 3 is 2.36 bits per heavy atom. The largest absolute Gasteiger partial charge is 0.325 e. The third-order valence-corrected chi connectivity index (χ3v) is 4.85. The first kappa shape index (κ1) is 17.5. The Morgan fingerprint density at radius 1 is 0.880 bits per heavy atom. The van der Waals surface area contributed by atoms with Crippen LogP contribution in [0.2, 0.25) is 5.02 Å². The van der Waals surface area contributed by atoms with Crippen molar-refractivity contribution in [2.75, 3.05) is 16.8 Å². The van der Waals surface area contributed by atoms with Crippen LogP contribution in [-0.4, -0.2) is 23.2 Å². The van der Waals surface area contributed by atoms with Crippen LogP contribution in [0.1, 0.15) is 10.4 Å². The number of fused-ring (bicyclic) bond motifs is 1. The topological polar surface area (TPSA) is 46.2 Å². The standard InChI is InChI=1S/C20H16ClNO2S/c21-17-7-9-18(10-8-17)22-20(24)13-25-12-19(23)16-6-5-14-3-1-2-4-15(14)11-16/h1-11H,12-13H2,(H,22,24). The molecule has 0 radical (unpaired) electrons. The predicted molar refractivity (Wildman–Crippen MR) is 106 cm³/mol. The van der Waals surface area contributed by atoms with Gasteiger partial charge in [0.05, 0.1) is 11.5 Å². The fourth-order valence-corrected chi connectivity index (χ4v) is 3.25. The highest BCUT2D eigenvalue weighted by Crippen LogP contribution is 2.18. The molecule has 0 fully saturated rings. The van der Waals surface area contributed by atoms with Crippen molar-refractivity contribution in [3.8, 4) is 0 Å². The lowest BCUT2D eigenvalue weighted by atomic mass is 10.1. The maximum absolute atomic E-state index is 12.3. The van der Waals surface area contributed by atoms with Gasteiger partial charge < -0.3 is 5.32 Å². The van der Waals surface area contributed by atoms with Crippen molar-refractivity contribution >= 4 is 51.5 Å². The van der Waals surface area contributed by atoms with Crippen molar-refractivity contribution in [3.05, 3.63) is 77.3 Å². The van der Waals surface area contributed by atoms with Gasteiger partial charge in [-0.05, 0) is 41.1 Å². The molecule has 3 nitrogen and oxygen atoms in total. The summed E-state index contributed by atoms with van der Waals surface area (Å²) in [5, 5.41) is 5.54. The molecular formula is C20H16ClNO2S. The van der Waals surface area contributed by atoms with Gasteiger partial charge in [-0.3, -0.25) is 9.59 Å². The number of benzene rings is 3. The number of anilines is 1. The van der Waals surface area contributed by atoms with Gasteiger partial charge in [0, 0.05) is 16.3 Å². The van der Waals surface area contributed by atoms with Gasteiger partial charge >= 0.3 is 0 Å². The minimum Gasteiger partial charge on any atom is -0.325 e. The molecule has 0 heterocycles. The number of hydrogen-bond acceptors (Lipinski definition) is 3. The van der Waals surface area contributed by atoms with Crippen LogP contribution >= 0.6 is 23.4 Å². The Labute approximate surface area is 155 Å². The van der Waals surface area contributed by atoms with E-state index < -0.39 is 0 Å². The highest BCUT2D eigenvalue weighted by molar-refractivity contribution is 8.00. The molecule has 3 aromatic rings. The van der Waals surface area contributed by atoms with E-state index in [0.29, 0.717) is 16.3 Å². The number of Topliss-reactive ketones (excluding diaryl/α,β-unsaturated/α-hetero) is 1. The van der Waals surface area contributed by atoms with Crippen molar-refractivity contribution in [3.63, 3.8) is 0 Å². The molecule has 0 aliphatic rings. The number of amides is 1. The predicted octanol–water partition coefficient (Wildman–Crippen LogP) is 5.05. The zero-order valence-electron chi connectivity index (χ0n) is 13.4. The molecule has 5 heteroatoms. The van der Waals surface area contributed by atoms with Gasteiger partial charge in [-0.2, -0.15) is 0 Å². The average molecular weight is 370 g/mol. The van der Waals surface area contributed by atoms with E-state index in [1.165, 1.54) is 11.8 Å². The van der Waals surface area contributed by atoms with E-state index in [4.69, 9.17) is 11.6 Å². The summed E-state index contributed by atoms with van der Waals surface area (Å²) in [5.41, 5.74) is 1.36. The monoisotopic (exact) mass is 369 g/mol. The molecule has 0 aliphatic heterocycles. The summed E-state index contributed by atoms with van der Waals surface area (Å²) in [6.45, 7) is 0. The third kappa shape index (κ3) is 4.84. The van der Waals surface area contributed by atoms with E-state index in [1.807, 2.05) is 42.5 Å². The van der Waals surface area contributed by atoms with Crippen LogP contribution in [0.25, 0.3) is 10.8 Å². The lowest BCUT2D eigenvalue weighted by molar-refractivity contribution is -0.113. The van der Waals surface area contributed by atoms with E-state index in [1.54, 1.807) is 24.3 Å². The number of nitrogens with one attached hydrogen (secondary N) is 1. The third-order valence-electron chi connectivity index (χ3n) is 3.67. The molecule has 0 unspecified atom stereocenters. The highest BCUT2D eigenvalue weighted by Gasteiger charge is 2.09. The van der Waals surface area contributed by atoms with Crippen molar-refractivity contribution in [1.82, 2.24) is 0 Å². The van der Waals surface area contributed by atoms with E-state index in [2.05, 4.69) is 5.32 Å². The highest BCUT2D eigenvalue weighted by atomic mass is 35.5. The fourth-order valence-electron chi connectivity index (χ4n) is 2.41. The Kier molecular flexibility index (Phi) is 5.74. The molecule has 0 saturated heterocycles. The SMILES string of the molecule is O=C(CSCC(=O)c1ccc2ccccc2c1)Nc1ccc(Cl)cc1.